The van der Waals surface area contributed by atoms with Gasteiger partial charge >= 0.3 is 0 Å². The summed E-state index contributed by atoms with van der Waals surface area (Å²) in [4.78, 5) is 27.2. The van der Waals surface area contributed by atoms with Crippen molar-refractivity contribution in [2.24, 2.45) is 0 Å². The van der Waals surface area contributed by atoms with Crippen LogP contribution in [0.15, 0.2) is 52.5 Å². The van der Waals surface area contributed by atoms with Gasteiger partial charge in [-0.1, -0.05) is 28.1 Å². The highest BCUT2D eigenvalue weighted by molar-refractivity contribution is 9.10. The van der Waals surface area contributed by atoms with Gasteiger partial charge in [0.25, 0.3) is 11.7 Å². The predicted octanol–water partition coefficient (Wildman–Crippen LogP) is 3.84. The zero-order valence-corrected chi connectivity index (χ0v) is 18.3. The minimum absolute atomic E-state index is 0.0682. The fourth-order valence-corrected chi connectivity index (χ4v) is 4.47. The molecule has 7 heteroatoms. The Bertz CT molecular complexity index is 1050. The second kappa shape index (κ2) is 8.24. The molecular formula is C23H22BrNO5. The first-order valence-electron chi connectivity index (χ1n) is 9.73. The molecule has 0 bridgehead atoms. The number of Topliss-reactive ketones (excluding diaryl/α,β-unsaturated/α-hetero) is 1. The molecule has 0 radical (unpaired) electrons. The van der Waals surface area contributed by atoms with Crippen molar-refractivity contribution >= 4 is 33.4 Å². The Balaban J connectivity index is 1.83. The second-order valence-electron chi connectivity index (χ2n) is 7.50. The molecule has 2 aromatic rings. The van der Waals surface area contributed by atoms with Gasteiger partial charge in [-0.25, -0.2) is 0 Å². The van der Waals surface area contributed by atoms with Gasteiger partial charge in [-0.2, -0.15) is 0 Å². The average Bonchev–Trinajstić information content (AvgIpc) is 3.22. The zero-order chi connectivity index (χ0) is 21.4. The van der Waals surface area contributed by atoms with E-state index in [1.165, 1.54) is 12.0 Å². The Morgan fingerprint density at radius 2 is 2.07 bits per heavy atom. The van der Waals surface area contributed by atoms with Gasteiger partial charge in [-0.3, -0.25) is 9.59 Å². The SMILES string of the molecule is COCCN1C(=O)C(=O)C(=C(O)c2ccc3c(c2)CC(C)O3)C1c1cccc(Br)c1. The highest BCUT2D eigenvalue weighted by Gasteiger charge is 2.46. The van der Waals surface area contributed by atoms with Crippen LogP contribution >= 0.6 is 15.9 Å². The molecule has 30 heavy (non-hydrogen) atoms. The summed E-state index contributed by atoms with van der Waals surface area (Å²) in [5.41, 5.74) is 2.29. The van der Waals surface area contributed by atoms with Crippen LogP contribution in [0.2, 0.25) is 0 Å². The zero-order valence-electron chi connectivity index (χ0n) is 16.7. The molecular weight excluding hydrogens is 450 g/mol. The molecule has 1 saturated heterocycles. The number of carbonyl (C=O) groups excluding carboxylic acids is 2. The van der Waals surface area contributed by atoms with Crippen LogP contribution in [0, 0.1) is 0 Å². The van der Waals surface area contributed by atoms with E-state index in [0.29, 0.717) is 5.56 Å². The van der Waals surface area contributed by atoms with Gasteiger partial charge in [0.05, 0.1) is 18.2 Å². The van der Waals surface area contributed by atoms with Crippen molar-refractivity contribution in [3.05, 3.63) is 69.2 Å². The monoisotopic (exact) mass is 471 g/mol. The topological polar surface area (TPSA) is 76.1 Å². The molecule has 2 aliphatic heterocycles. The predicted molar refractivity (Wildman–Crippen MR) is 115 cm³/mol. The largest absolute Gasteiger partial charge is 0.507 e. The fraction of sp³-hybridized carbons (Fsp3) is 0.304. The molecule has 2 unspecified atom stereocenters. The summed E-state index contributed by atoms with van der Waals surface area (Å²) in [5.74, 6) is -0.737. The number of halogens is 1. The molecule has 1 fully saturated rings. The van der Waals surface area contributed by atoms with Crippen molar-refractivity contribution in [3.8, 4) is 5.75 Å². The van der Waals surface area contributed by atoms with Crippen LogP contribution in [0.3, 0.4) is 0 Å². The van der Waals surface area contributed by atoms with Crippen molar-refractivity contribution < 1.29 is 24.2 Å². The Kier molecular flexibility index (Phi) is 5.66. The van der Waals surface area contributed by atoms with Crippen molar-refractivity contribution in [1.29, 1.82) is 0 Å². The summed E-state index contributed by atoms with van der Waals surface area (Å²) < 4.78 is 11.7. The summed E-state index contributed by atoms with van der Waals surface area (Å²) in [6.45, 7) is 2.50. The van der Waals surface area contributed by atoms with E-state index < -0.39 is 17.7 Å². The van der Waals surface area contributed by atoms with Gasteiger partial charge in [0, 0.05) is 30.1 Å². The molecule has 2 aliphatic rings. The number of hydrogen-bond donors (Lipinski definition) is 1. The number of methoxy groups -OCH3 is 1. The van der Waals surface area contributed by atoms with E-state index in [4.69, 9.17) is 9.47 Å². The number of aliphatic hydroxyl groups is 1. The average molecular weight is 472 g/mol. The molecule has 1 N–H and O–H groups in total. The van der Waals surface area contributed by atoms with Gasteiger partial charge in [-0.15, -0.1) is 0 Å². The van der Waals surface area contributed by atoms with Crippen LogP contribution in [-0.2, 0) is 20.7 Å². The van der Waals surface area contributed by atoms with Gasteiger partial charge < -0.3 is 19.5 Å². The number of ether oxygens (including phenoxy) is 2. The van der Waals surface area contributed by atoms with Crippen molar-refractivity contribution in [3.63, 3.8) is 0 Å². The molecule has 6 nitrogen and oxygen atoms in total. The first kappa shape index (κ1) is 20.6. The third kappa shape index (κ3) is 3.63. The molecule has 0 aliphatic carbocycles. The molecule has 0 saturated carbocycles. The normalized spacial score (nSPS) is 22.3. The number of hydrogen-bond acceptors (Lipinski definition) is 5. The smallest absolute Gasteiger partial charge is 0.295 e. The Morgan fingerprint density at radius 1 is 1.27 bits per heavy atom. The maximum absolute atomic E-state index is 13.0. The number of likely N-dealkylation sites (tertiary alicyclic amines) is 1. The molecule has 156 valence electrons. The summed E-state index contributed by atoms with van der Waals surface area (Å²) in [7, 11) is 1.54. The van der Waals surface area contributed by atoms with E-state index in [-0.39, 0.29) is 30.6 Å². The molecule has 4 rings (SSSR count). The fourth-order valence-electron chi connectivity index (χ4n) is 4.05. The van der Waals surface area contributed by atoms with E-state index in [1.807, 2.05) is 37.3 Å². The molecule has 0 aromatic heterocycles. The first-order chi connectivity index (χ1) is 14.4. The number of benzene rings is 2. The lowest BCUT2D eigenvalue weighted by Gasteiger charge is -2.25. The Morgan fingerprint density at radius 3 is 2.80 bits per heavy atom. The first-order valence-corrected chi connectivity index (χ1v) is 10.5. The van der Waals surface area contributed by atoms with E-state index >= 15 is 0 Å². The lowest BCUT2D eigenvalue weighted by Crippen LogP contribution is -2.32. The quantitative estimate of drug-likeness (QED) is 0.407. The van der Waals surface area contributed by atoms with Crippen molar-refractivity contribution in [1.82, 2.24) is 4.90 Å². The van der Waals surface area contributed by atoms with Gasteiger partial charge in [0.2, 0.25) is 0 Å². The highest BCUT2D eigenvalue weighted by Crippen LogP contribution is 2.41. The maximum Gasteiger partial charge on any atom is 0.295 e. The van der Waals surface area contributed by atoms with Crippen LogP contribution in [0.4, 0.5) is 0 Å². The Labute approximate surface area is 183 Å². The van der Waals surface area contributed by atoms with E-state index in [1.54, 1.807) is 12.1 Å². The molecule has 2 heterocycles. The molecule has 2 aromatic carbocycles. The van der Waals surface area contributed by atoms with Crippen LogP contribution in [-0.4, -0.2) is 48.1 Å². The number of aliphatic hydroxyl groups excluding tert-OH is 1. The van der Waals surface area contributed by atoms with Crippen LogP contribution < -0.4 is 4.74 Å². The van der Waals surface area contributed by atoms with E-state index in [2.05, 4.69) is 15.9 Å². The van der Waals surface area contributed by atoms with Crippen molar-refractivity contribution in [2.75, 3.05) is 20.3 Å². The van der Waals surface area contributed by atoms with Crippen LogP contribution in [0.25, 0.3) is 5.76 Å². The number of carbonyl (C=O) groups is 2. The number of ketones is 1. The lowest BCUT2D eigenvalue weighted by atomic mass is 9.94. The summed E-state index contributed by atoms with van der Waals surface area (Å²) >= 11 is 3.45. The van der Waals surface area contributed by atoms with Crippen LogP contribution in [0.5, 0.6) is 5.75 Å². The molecule has 2 atom stereocenters. The summed E-state index contributed by atoms with van der Waals surface area (Å²) in [6.07, 6.45) is 0.798. The minimum Gasteiger partial charge on any atom is -0.507 e. The minimum atomic E-state index is -0.696. The maximum atomic E-state index is 13.0. The third-order valence-corrected chi connectivity index (χ3v) is 5.90. The third-order valence-electron chi connectivity index (χ3n) is 5.41. The Hall–Kier alpha value is -2.64. The van der Waals surface area contributed by atoms with Gasteiger partial charge in [0.1, 0.15) is 17.6 Å². The number of nitrogens with zero attached hydrogens (tertiary/aromatic N) is 1. The van der Waals surface area contributed by atoms with Crippen molar-refractivity contribution in [2.45, 2.75) is 25.5 Å². The van der Waals surface area contributed by atoms with E-state index in [9.17, 15) is 14.7 Å². The summed E-state index contributed by atoms with van der Waals surface area (Å²) in [5, 5.41) is 11.1. The van der Waals surface area contributed by atoms with E-state index in [0.717, 1.165) is 27.8 Å². The molecule has 1 amide bonds. The second-order valence-corrected chi connectivity index (χ2v) is 8.41. The van der Waals surface area contributed by atoms with Crippen LogP contribution in [0.1, 0.15) is 29.7 Å². The number of rotatable bonds is 5. The molecule has 0 spiro atoms. The van der Waals surface area contributed by atoms with Gasteiger partial charge in [-0.05, 0) is 48.4 Å². The number of amides is 1. The van der Waals surface area contributed by atoms with Gasteiger partial charge in [0.15, 0.2) is 0 Å². The number of fused-ring (bicyclic) bond motifs is 1. The highest BCUT2D eigenvalue weighted by atomic mass is 79.9. The standard InChI is InChI=1S/C23H22BrNO5/c1-13-10-16-11-15(6-7-18(16)30-13)21(26)19-20(14-4-3-5-17(24)12-14)25(8-9-29-2)23(28)22(19)27/h3-7,11-13,20,26H,8-10H2,1-2H3. The summed E-state index contributed by atoms with van der Waals surface area (Å²) in [6, 6.07) is 12.0. The lowest BCUT2D eigenvalue weighted by molar-refractivity contribution is -0.140.